The third-order valence-corrected chi connectivity index (χ3v) is 2.63. The van der Waals surface area contributed by atoms with Gasteiger partial charge in [-0.1, -0.05) is 11.2 Å². The number of carbonyl (C=O) groups is 1. The summed E-state index contributed by atoms with van der Waals surface area (Å²) in [5.41, 5.74) is 4.96. The molecule has 0 fully saturated rings. The molecule has 5 N–H and O–H groups in total. The third-order valence-electron chi connectivity index (χ3n) is 2.63. The van der Waals surface area contributed by atoms with E-state index in [1.54, 1.807) is 0 Å². The number of halogens is 1. The van der Waals surface area contributed by atoms with Crippen molar-refractivity contribution in [1.29, 1.82) is 0 Å². The SMILES string of the molecule is N/C(=N/O)c1ccc(NC(=O)c2cccc(=O)[nH]2)c(F)c1. The van der Waals surface area contributed by atoms with E-state index in [0.29, 0.717) is 0 Å². The highest BCUT2D eigenvalue weighted by Crippen LogP contribution is 2.16. The molecule has 0 atom stereocenters. The first-order valence-electron chi connectivity index (χ1n) is 5.79. The average molecular weight is 290 g/mol. The van der Waals surface area contributed by atoms with E-state index in [1.165, 1.54) is 30.3 Å². The van der Waals surface area contributed by atoms with Gasteiger partial charge in [-0.25, -0.2) is 4.39 Å². The van der Waals surface area contributed by atoms with Crippen LogP contribution in [-0.2, 0) is 0 Å². The van der Waals surface area contributed by atoms with E-state index in [9.17, 15) is 14.0 Å². The van der Waals surface area contributed by atoms with Gasteiger partial charge < -0.3 is 21.2 Å². The molecule has 0 spiro atoms. The number of nitrogens with zero attached hydrogens (tertiary/aromatic N) is 1. The molecular formula is C13H11FN4O3. The van der Waals surface area contributed by atoms with E-state index < -0.39 is 17.3 Å². The maximum atomic E-state index is 13.8. The van der Waals surface area contributed by atoms with Crippen LogP contribution >= 0.6 is 0 Å². The summed E-state index contributed by atoms with van der Waals surface area (Å²) in [6.07, 6.45) is 0. The number of oxime groups is 1. The Morgan fingerprint density at radius 3 is 2.71 bits per heavy atom. The topological polar surface area (TPSA) is 121 Å². The molecule has 0 saturated heterocycles. The van der Waals surface area contributed by atoms with E-state index in [2.05, 4.69) is 15.5 Å². The van der Waals surface area contributed by atoms with Crippen LogP contribution in [0.3, 0.4) is 0 Å². The van der Waals surface area contributed by atoms with Crippen molar-refractivity contribution in [2.24, 2.45) is 10.9 Å². The molecule has 1 aromatic heterocycles. The molecule has 0 aliphatic rings. The number of hydrogen-bond acceptors (Lipinski definition) is 4. The summed E-state index contributed by atoms with van der Waals surface area (Å²) < 4.78 is 13.8. The van der Waals surface area contributed by atoms with Crippen molar-refractivity contribution in [2.45, 2.75) is 0 Å². The van der Waals surface area contributed by atoms with Gasteiger partial charge in [0.15, 0.2) is 5.84 Å². The Morgan fingerprint density at radius 1 is 1.33 bits per heavy atom. The lowest BCUT2D eigenvalue weighted by Crippen LogP contribution is -2.19. The maximum absolute atomic E-state index is 13.8. The highest BCUT2D eigenvalue weighted by molar-refractivity contribution is 6.03. The largest absolute Gasteiger partial charge is 0.409 e. The quantitative estimate of drug-likeness (QED) is 0.290. The van der Waals surface area contributed by atoms with Gasteiger partial charge in [0.25, 0.3) is 5.91 Å². The Labute approximate surface area is 117 Å². The number of benzene rings is 1. The second kappa shape index (κ2) is 5.87. The Bertz CT molecular complexity index is 770. The van der Waals surface area contributed by atoms with Crippen molar-refractivity contribution in [1.82, 2.24) is 4.98 Å². The normalized spacial score (nSPS) is 11.2. The summed E-state index contributed by atoms with van der Waals surface area (Å²) in [4.78, 5) is 25.3. The summed E-state index contributed by atoms with van der Waals surface area (Å²) in [5.74, 6) is -1.67. The first-order valence-corrected chi connectivity index (χ1v) is 5.79. The molecular weight excluding hydrogens is 279 g/mol. The summed E-state index contributed by atoms with van der Waals surface area (Å²) in [5, 5.41) is 13.6. The summed E-state index contributed by atoms with van der Waals surface area (Å²) in [7, 11) is 0. The van der Waals surface area contributed by atoms with Crippen molar-refractivity contribution < 1.29 is 14.4 Å². The van der Waals surface area contributed by atoms with Crippen molar-refractivity contribution in [2.75, 3.05) is 5.32 Å². The molecule has 0 bridgehead atoms. The second-order valence-electron chi connectivity index (χ2n) is 4.06. The number of nitrogens with two attached hydrogens (primary N) is 1. The third kappa shape index (κ3) is 3.24. The van der Waals surface area contributed by atoms with E-state index >= 15 is 0 Å². The highest BCUT2D eigenvalue weighted by Gasteiger charge is 2.11. The van der Waals surface area contributed by atoms with Crippen LogP contribution in [0.25, 0.3) is 0 Å². The molecule has 0 aliphatic carbocycles. The molecule has 1 aromatic carbocycles. The van der Waals surface area contributed by atoms with E-state index in [4.69, 9.17) is 10.9 Å². The zero-order chi connectivity index (χ0) is 15.4. The van der Waals surface area contributed by atoms with Gasteiger partial charge >= 0.3 is 0 Å². The molecule has 1 amide bonds. The van der Waals surface area contributed by atoms with Crippen molar-refractivity contribution in [3.05, 3.63) is 63.8 Å². The molecule has 0 radical (unpaired) electrons. The maximum Gasteiger partial charge on any atom is 0.272 e. The predicted octanol–water partition coefficient (Wildman–Crippen LogP) is 0.861. The number of pyridine rings is 1. The van der Waals surface area contributed by atoms with Crippen LogP contribution in [0.5, 0.6) is 0 Å². The number of aromatic amines is 1. The lowest BCUT2D eigenvalue weighted by atomic mass is 10.2. The number of hydrogen-bond donors (Lipinski definition) is 4. The zero-order valence-electron chi connectivity index (χ0n) is 10.6. The molecule has 0 unspecified atom stereocenters. The van der Waals surface area contributed by atoms with Crippen molar-refractivity contribution in [3.63, 3.8) is 0 Å². The highest BCUT2D eigenvalue weighted by atomic mass is 19.1. The van der Waals surface area contributed by atoms with E-state index in [1.807, 2.05) is 0 Å². The number of amides is 1. The monoisotopic (exact) mass is 290 g/mol. The first-order chi connectivity index (χ1) is 10.0. The molecule has 2 aromatic rings. The van der Waals surface area contributed by atoms with Gasteiger partial charge in [0.2, 0.25) is 5.56 Å². The number of rotatable bonds is 3. The van der Waals surface area contributed by atoms with Crippen LogP contribution in [0.15, 0.2) is 46.3 Å². The molecule has 0 saturated carbocycles. The molecule has 108 valence electrons. The van der Waals surface area contributed by atoms with Gasteiger partial charge in [-0.3, -0.25) is 9.59 Å². The van der Waals surface area contributed by atoms with Crippen molar-refractivity contribution >= 4 is 17.4 Å². The number of nitrogens with one attached hydrogen (secondary N) is 2. The second-order valence-corrected chi connectivity index (χ2v) is 4.06. The van der Waals surface area contributed by atoms with Crippen LogP contribution in [-0.4, -0.2) is 21.9 Å². The van der Waals surface area contributed by atoms with Gasteiger partial charge in [0.05, 0.1) is 5.69 Å². The molecule has 0 aliphatic heterocycles. The lowest BCUT2D eigenvalue weighted by Gasteiger charge is -2.07. The minimum absolute atomic E-state index is 0.00223. The molecule has 7 nitrogen and oxygen atoms in total. The summed E-state index contributed by atoms with van der Waals surface area (Å²) >= 11 is 0. The van der Waals surface area contributed by atoms with Gasteiger partial charge in [0.1, 0.15) is 11.5 Å². The van der Waals surface area contributed by atoms with Crippen molar-refractivity contribution in [3.8, 4) is 0 Å². The number of H-pyrrole nitrogens is 1. The summed E-state index contributed by atoms with van der Waals surface area (Å²) in [6, 6.07) is 7.70. The predicted molar refractivity (Wildman–Crippen MR) is 73.9 cm³/mol. The lowest BCUT2D eigenvalue weighted by molar-refractivity contribution is 0.102. The molecule has 1 heterocycles. The summed E-state index contributed by atoms with van der Waals surface area (Å²) in [6.45, 7) is 0. The zero-order valence-corrected chi connectivity index (χ0v) is 10.6. The van der Waals surface area contributed by atoms with E-state index in [-0.39, 0.29) is 22.8 Å². The number of aromatic nitrogens is 1. The number of anilines is 1. The molecule has 8 heteroatoms. The van der Waals surface area contributed by atoms with Crippen LogP contribution in [0.4, 0.5) is 10.1 Å². The Balaban J connectivity index is 2.24. The van der Waals surface area contributed by atoms with Crippen LogP contribution in [0.1, 0.15) is 16.1 Å². The number of amidine groups is 1. The Kier molecular flexibility index (Phi) is 3.98. The fourth-order valence-electron chi connectivity index (χ4n) is 1.60. The smallest absolute Gasteiger partial charge is 0.272 e. The average Bonchev–Trinajstić information content (AvgIpc) is 2.48. The van der Waals surface area contributed by atoms with Gasteiger partial charge in [-0.15, -0.1) is 0 Å². The van der Waals surface area contributed by atoms with Gasteiger partial charge in [-0.05, 0) is 24.3 Å². The molecule has 2 rings (SSSR count). The van der Waals surface area contributed by atoms with Gasteiger partial charge in [-0.2, -0.15) is 0 Å². The number of carbonyl (C=O) groups excluding carboxylic acids is 1. The van der Waals surface area contributed by atoms with Crippen LogP contribution in [0.2, 0.25) is 0 Å². The fraction of sp³-hybridized carbons (Fsp3) is 0. The van der Waals surface area contributed by atoms with Crippen LogP contribution in [0, 0.1) is 5.82 Å². The molecule has 21 heavy (non-hydrogen) atoms. The van der Waals surface area contributed by atoms with Crippen LogP contribution < -0.4 is 16.6 Å². The van der Waals surface area contributed by atoms with E-state index in [0.717, 1.165) is 6.07 Å². The Hall–Kier alpha value is -3.16. The first kappa shape index (κ1) is 14.3. The Morgan fingerprint density at radius 2 is 2.10 bits per heavy atom. The fourth-order valence-corrected chi connectivity index (χ4v) is 1.60. The van der Waals surface area contributed by atoms with Gasteiger partial charge in [0, 0.05) is 11.6 Å². The minimum atomic E-state index is -0.759. The standard InChI is InChI=1S/C13H11FN4O3/c14-8-6-7(12(15)18-21)4-5-9(8)17-13(20)10-2-1-3-11(19)16-10/h1-6,21H,(H2,15,18)(H,16,19)(H,17,20). The minimum Gasteiger partial charge on any atom is -0.409 e.